The van der Waals surface area contributed by atoms with E-state index in [2.05, 4.69) is 10.5 Å². The van der Waals surface area contributed by atoms with Crippen LogP contribution in [-0.2, 0) is 4.79 Å². The fourth-order valence-electron chi connectivity index (χ4n) is 2.87. The van der Waals surface area contributed by atoms with Crippen LogP contribution in [0.5, 0.6) is 0 Å². The van der Waals surface area contributed by atoms with Crippen LogP contribution in [0.4, 0.5) is 5.69 Å². The Bertz CT molecular complexity index is 546. The zero-order chi connectivity index (χ0) is 15.5. The van der Waals surface area contributed by atoms with E-state index in [1.165, 1.54) is 0 Å². The molecular weight excluding hydrogens is 290 g/mol. The van der Waals surface area contributed by atoms with Gasteiger partial charge in [0, 0.05) is 0 Å². The Morgan fingerprint density at radius 1 is 1.38 bits per heavy atom. The number of nitrogens with one attached hydrogen (secondary N) is 1. The summed E-state index contributed by atoms with van der Waals surface area (Å²) in [5.41, 5.74) is 6.33. The van der Waals surface area contributed by atoms with Crippen molar-refractivity contribution in [2.75, 3.05) is 5.32 Å². The molecule has 1 aliphatic carbocycles. The number of para-hydroxylation sites is 1. The standard InChI is InChI=1S/C15H20ClN3O2/c1-10-6-5-7-11(16)12(10)18-14(20)15(13(17)19-21)8-3-2-4-9-15/h5-7,21H,2-4,8-9H2,1H3,(H2,17,19)(H,18,20). The minimum absolute atomic E-state index is 0.0237. The van der Waals surface area contributed by atoms with Gasteiger partial charge >= 0.3 is 0 Å². The first-order valence-corrected chi connectivity index (χ1v) is 7.43. The molecule has 2 rings (SSSR count). The number of oxime groups is 1. The van der Waals surface area contributed by atoms with Gasteiger partial charge in [-0.25, -0.2) is 0 Å². The summed E-state index contributed by atoms with van der Waals surface area (Å²) in [5, 5.41) is 15.5. The molecule has 5 nitrogen and oxygen atoms in total. The average molecular weight is 310 g/mol. The Morgan fingerprint density at radius 2 is 2.05 bits per heavy atom. The number of carbonyl (C=O) groups is 1. The van der Waals surface area contributed by atoms with Gasteiger partial charge in [-0.1, -0.05) is 48.2 Å². The second-order valence-electron chi connectivity index (χ2n) is 5.51. The zero-order valence-electron chi connectivity index (χ0n) is 12.0. The molecule has 114 valence electrons. The number of aryl methyl sites for hydroxylation is 1. The highest BCUT2D eigenvalue weighted by molar-refractivity contribution is 6.34. The summed E-state index contributed by atoms with van der Waals surface area (Å²) in [7, 11) is 0. The summed E-state index contributed by atoms with van der Waals surface area (Å²) in [6.45, 7) is 1.87. The van der Waals surface area contributed by atoms with Crippen LogP contribution in [0.15, 0.2) is 23.4 Å². The number of nitrogens with two attached hydrogens (primary N) is 1. The molecule has 6 heteroatoms. The number of halogens is 1. The lowest BCUT2D eigenvalue weighted by Gasteiger charge is -2.34. The molecule has 1 saturated carbocycles. The van der Waals surface area contributed by atoms with Crippen molar-refractivity contribution in [2.24, 2.45) is 16.3 Å². The minimum Gasteiger partial charge on any atom is -0.409 e. The molecule has 21 heavy (non-hydrogen) atoms. The number of hydrogen-bond acceptors (Lipinski definition) is 3. The van der Waals surface area contributed by atoms with Gasteiger partial charge in [-0.2, -0.15) is 0 Å². The van der Waals surface area contributed by atoms with Crippen molar-refractivity contribution in [3.63, 3.8) is 0 Å². The first-order chi connectivity index (χ1) is 10.0. The molecule has 1 fully saturated rings. The van der Waals surface area contributed by atoms with E-state index < -0.39 is 5.41 Å². The minimum atomic E-state index is -0.946. The maximum atomic E-state index is 12.8. The van der Waals surface area contributed by atoms with E-state index in [0.717, 1.165) is 24.8 Å². The second kappa shape index (κ2) is 6.35. The fourth-order valence-corrected chi connectivity index (χ4v) is 3.14. The van der Waals surface area contributed by atoms with E-state index in [9.17, 15) is 4.79 Å². The lowest BCUT2D eigenvalue weighted by molar-refractivity contribution is -0.123. The molecule has 1 amide bonds. The molecule has 4 N–H and O–H groups in total. The Kier molecular flexibility index (Phi) is 4.73. The van der Waals surface area contributed by atoms with Crippen LogP contribution in [0.3, 0.4) is 0 Å². The molecule has 0 saturated heterocycles. The van der Waals surface area contributed by atoms with Crippen molar-refractivity contribution in [1.82, 2.24) is 0 Å². The molecule has 0 aliphatic heterocycles. The summed E-state index contributed by atoms with van der Waals surface area (Å²) >= 11 is 6.15. The molecule has 0 radical (unpaired) electrons. The highest BCUT2D eigenvalue weighted by Gasteiger charge is 2.44. The molecule has 1 aliphatic rings. The summed E-state index contributed by atoms with van der Waals surface area (Å²) in [4.78, 5) is 12.8. The Labute approximate surface area is 129 Å². The molecule has 0 unspecified atom stereocenters. The van der Waals surface area contributed by atoms with Gasteiger partial charge < -0.3 is 16.3 Å². The summed E-state index contributed by atoms with van der Waals surface area (Å²) in [5.74, 6) is -0.280. The third kappa shape index (κ3) is 2.97. The summed E-state index contributed by atoms with van der Waals surface area (Å²) in [6, 6.07) is 5.42. The largest absolute Gasteiger partial charge is 0.409 e. The number of rotatable bonds is 3. The molecule has 0 spiro atoms. The van der Waals surface area contributed by atoms with E-state index in [1.54, 1.807) is 6.07 Å². The fraction of sp³-hybridized carbons (Fsp3) is 0.467. The number of amidine groups is 1. The molecule has 0 heterocycles. The lowest BCUT2D eigenvalue weighted by atomic mass is 9.72. The van der Waals surface area contributed by atoms with Crippen LogP contribution >= 0.6 is 11.6 Å². The van der Waals surface area contributed by atoms with E-state index in [0.29, 0.717) is 23.6 Å². The predicted molar refractivity (Wildman–Crippen MR) is 83.7 cm³/mol. The summed E-state index contributed by atoms with van der Waals surface area (Å²) < 4.78 is 0. The van der Waals surface area contributed by atoms with Crippen molar-refractivity contribution in [1.29, 1.82) is 0 Å². The average Bonchev–Trinajstić information content (AvgIpc) is 2.50. The van der Waals surface area contributed by atoms with Gasteiger partial charge in [-0.3, -0.25) is 4.79 Å². The predicted octanol–water partition coefficient (Wildman–Crippen LogP) is 3.28. The van der Waals surface area contributed by atoms with Gasteiger partial charge in [-0.15, -0.1) is 0 Å². The first kappa shape index (κ1) is 15.6. The van der Waals surface area contributed by atoms with Crippen LogP contribution in [0, 0.1) is 12.3 Å². The van der Waals surface area contributed by atoms with Crippen LogP contribution in [-0.4, -0.2) is 17.0 Å². The molecule has 1 aromatic carbocycles. The van der Waals surface area contributed by atoms with E-state index in [4.69, 9.17) is 22.5 Å². The first-order valence-electron chi connectivity index (χ1n) is 7.06. The monoisotopic (exact) mass is 309 g/mol. The van der Waals surface area contributed by atoms with Crippen molar-refractivity contribution in [2.45, 2.75) is 39.0 Å². The Morgan fingerprint density at radius 3 is 2.62 bits per heavy atom. The molecule has 1 aromatic rings. The highest BCUT2D eigenvalue weighted by atomic mass is 35.5. The van der Waals surface area contributed by atoms with Crippen molar-refractivity contribution < 1.29 is 10.0 Å². The summed E-state index contributed by atoms with van der Waals surface area (Å²) in [6.07, 6.45) is 3.98. The molecule has 0 bridgehead atoms. The number of carbonyl (C=O) groups excluding carboxylic acids is 1. The Hall–Kier alpha value is -1.75. The van der Waals surface area contributed by atoms with Gasteiger partial charge in [0.05, 0.1) is 10.7 Å². The third-order valence-corrected chi connectivity index (χ3v) is 4.52. The van der Waals surface area contributed by atoms with Crippen LogP contribution in [0.2, 0.25) is 5.02 Å². The van der Waals surface area contributed by atoms with Crippen molar-refractivity contribution in [3.8, 4) is 0 Å². The van der Waals surface area contributed by atoms with Gasteiger partial charge in [0.25, 0.3) is 0 Å². The third-order valence-electron chi connectivity index (χ3n) is 4.20. The zero-order valence-corrected chi connectivity index (χ0v) is 12.8. The van der Waals surface area contributed by atoms with Crippen molar-refractivity contribution in [3.05, 3.63) is 28.8 Å². The van der Waals surface area contributed by atoms with Crippen LogP contribution < -0.4 is 11.1 Å². The smallest absolute Gasteiger partial charge is 0.238 e. The number of hydrogen-bond donors (Lipinski definition) is 3. The number of anilines is 1. The quantitative estimate of drug-likeness (QED) is 0.346. The van der Waals surface area contributed by atoms with E-state index in [1.807, 2.05) is 19.1 Å². The van der Waals surface area contributed by atoms with Crippen molar-refractivity contribution >= 4 is 29.0 Å². The second-order valence-corrected chi connectivity index (χ2v) is 5.92. The number of nitrogens with zero attached hydrogens (tertiary/aromatic N) is 1. The number of amides is 1. The van der Waals surface area contributed by atoms with E-state index in [-0.39, 0.29) is 11.7 Å². The lowest BCUT2D eigenvalue weighted by Crippen LogP contribution is -2.48. The Balaban J connectivity index is 2.32. The van der Waals surface area contributed by atoms with Crippen LogP contribution in [0.25, 0.3) is 0 Å². The van der Waals surface area contributed by atoms with Gasteiger partial charge in [0.1, 0.15) is 5.41 Å². The molecular formula is C15H20ClN3O2. The maximum Gasteiger partial charge on any atom is 0.238 e. The SMILES string of the molecule is Cc1cccc(Cl)c1NC(=O)C1(C(N)=NO)CCCCC1. The van der Waals surface area contributed by atoms with Gasteiger partial charge in [0.15, 0.2) is 5.84 Å². The van der Waals surface area contributed by atoms with Gasteiger partial charge in [-0.05, 0) is 31.4 Å². The van der Waals surface area contributed by atoms with Crippen LogP contribution in [0.1, 0.15) is 37.7 Å². The number of benzene rings is 1. The highest BCUT2D eigenvalue weighted by Crippen LogP contribution is 2.38. The van der Waals surface area contributed by atoms with Gasteiger partial charge in [0.2, 0.25) is 5.91 Å². The normalized spacial score (nSPS) is 18.3. The van der Waals surface area contributed by atoms with E-state index >= 15 is 0 Å². The topological polar surface area (TPSA) is 87.7 Å². The molecule has 0 atom stereocenters. The maximum absolute atomic E-state index is 12.8. The molecule has 0 aromatic heterocycles.